The number of aliphatic hydroxyl groups excluding tert-OH is 1. The van der Waals surface area contributed by atoms with Gasteiger partial charge < -0.3 is 19.3 Å². The molecule has 0 rings (SSSR count). The summed E-state index contributed by atoms with van der Waals surface area (Å²) >= 11 is 0. The van der Waals surface area contributed by atoms with E-state index in [9.17, 15) is 4.39 Å². The van der Waals surface area contributed by atoms with Crippen LogP contribution < -0.4 is 0 Å². The van der Waals surface area contributed by atoms with Gasteiger partial charge in [-0.2, -0.15) is 0 Å². The molecule has 22 heavy (non-hydrogen) atoms. The van der Waals surface area contributed by atoms with Crippen molar-refractivity contribution < 1.29 is 23.7 Å². The molecule has 4 nitrogen and oxygen atoms in total. The molecule has 0 aromatic carbocycles. The van der Waals surface area contributed by atoms with Crippen molar-refractivity contribution in [2.75, 3.05) is 39.6 Å². The van der Waals surface area contributed by atoms with E-state index >= 15 is 0 Å². The molecular weight excluding hydrogens is 287 g/mol. The van der Waals surface area contributed by atoms with Crippen LogP contribution in [-0.2, 0) is 14.2 Å². The van der Waals surface area contributed by atoms with Crippen LogP contribution >= 0.6 is 0 Å². The van der Waals surface area contributed by atoms with Crippen LogP contribution in [0.5, 0.6) is 0 Å². The fraction of sp³-hybridized carbons (Fsp3) is 0.882. The Bertz CT molecular complexity index is 267. The first kappa shape index (κ1) is 21.4. The van der Waals surface area contributed by atoms with E-state index in [2.05, 4.69) is 13.8 Å². The van der Waals surface area contributed by atoms with Gasteiger partial charge in [0.05, 0.1) is 26.1 Å². The number of ether oxygens (including phenoxy) is 3. The lowest BCUT2D eigenvalue weighted by atomic mass is 10.1. The fourth-order valence-corrected chi connectivity index (χ4v) is 1.56. The quantitative estimate of drug-likeness (QED) is 0.371. The monoisotopic (exact) mass is 320 g/mol. The third kappa shape index (κ3) is 15.7. The highest BCUT2D eigenvalue weighted by atomic mass is 19.1. The minimum Gasteiger partial charge on any atom is -0.501 e. The van der Waals surface area contributed by atoms with E-state index in [1.807, 2.05) is 0 Å². The zero-order valence-electron chi connectivity index (χ0n) is 14.4. The van der Waals surface area contributed by atoms with Crippen LogP contribution in [0.3, 0.4) is 0 Å². The Morgan fingerprint density at radius 3 is 2.27 bits per heavy atom. The molecule has 0 aromatic heterocycles. The lowest BCUT2D eigenvalue weighted by molar-refractivity contribution is 0.103. The Labute approximate surface area is 134 Å². The van der Waals surface area contributed by atoms with E-state index < -0.39 is 6.17 Å². The summed E-state index contributed by atoms with van der Waals surface area (Å²) < 4.78 is 29.2. The second-order valence-corrected chi connectivity index (χ2v) is 5.93. The Hall–Kier alpha value is -0.650. The van der Waals surface area contributed by atoms with Crippen molar-refractivity contribution in [2.24, 2.45) is 5.92 Å². The Kier molecular flexibility index (Phi) is 14.8. The molecule has 132 valence electrons. The molecule has 0 bridgehead atoms. The van der Waals surface area contributed by atoms with Crippen LogP contribution in [0.4, 0.5) is 4.39 Å². The maximum Gasteiger partial charge on any atom is 0.101 e. The van der Waals surface area contributed by atoms with Crippen LogP contribution in [0.25, 0.3) is 0 Å². The number of hydrogen-bond acceptors (Lipinski definition) is 4. The third-order valence-electron chi connectivity index (χ3n) is 2.99. The maximum atomic E-state index is 12.7. The normalized spacial score (nSPS) is 13.6. The summed E-state index contributed by atoms with van der Waals surface area (Å²) in [7, 11) is 0. The summed E-state index contributed by atoms with van der Waals surface area (Å²) in [5.74, 6) is 0.615. The minimum atomic E-state index is -0.853. The molecule has 0 aromatic rings. The summed E-state index contributed by atoms with van der Waals surface area (Å²) in [4.78, 5) is 0. The zero-order valence-corrected chi connectivity index (χ0v) is 14.4. The standard InChI is InChI=1S/C17H33FO4/c1-15(2)6-10-21-13-17(12-20-9-5-4-8-19)14-22-11-7-16(3)18/h14-16,19H,4-13H2,1-3H3/b17-14-. The molecule has 1 unspecified atom stereocenters. The van der Waals surface area contributed by atoms with Crippen LogP contribution in [0.2, 0.25) is 0 Å². The number of rotatable bonds is 15. The number of halogens is 1. The first-order valence-corrected chi connectivity index (χ1v) is 8.26. The number of unbranched alkanes of at least 4 members (excludes halogenated alkanes) is 1. The average Bonchev–Trinajstić information content (AvgIpc) is 2.46. The van der Waals surface area contributed by atoms with Crippen LogP contribution in [0.15, 0.2) is 11.8 Å². The van der Waals surface area contributed by atoms with E-state index in [0.29, 0.717) is 45.4 Å². The summed E-state index contributed by atoms with van der Waals surface area (Å²) in [5.41, 5.74) is 0.916. The predicted octanol–water partition coefficient (Wildman–Crippen LogP) is 3.49. The van der Waals surface area contributed by atoms with Gasteiger partial charge >= 0.3 is 0 Å². The smallest absolute Gasteiger partial charge is 0.101 e. The van der Waals surface area contributed by atoms with Gasteiger partial charge in [0.2, 0.25) is 0 Å². The van der Waals surface area contributed by atoms with Gasteiger partial charge in [-0.3, -0.25) is 0 Å². The van der Waals surface area contributed by atoms with E-state index in [1.165, 1.54) is 6.92 Å². The van der Waals surface area contributed by atoms with Gasteiger partial charge in [-0.1, -0.05) is 13.8 Å². The molecule has 0 saturated heterocycles. The molecule has 0 radical (unpaired) electrons. The lowest BCUT2D eigenvalue weighted by Gasteiger charge is -2.11. The molecule has 0 aliphatic heterocycles. The van der Waals surface area contributed by atoms with Crippen LogP contribution in [0, 0.1) is 5.92 Å². The van der Waals surface area contributed by atoms with Crippen molar-refractivity contribution in [2.45, 2.75) is 52.6 Å². The highest BCUT2D eigenvalue weighted by molar-refractivity contribution is 4.98. The number of aliphatic hydroxyl groups is 1. The highest BCUT2D eigenvalue weighted by Gasteiger charge is 2.02. The number of hydrogen-bond donors (Lipinski definition) is 1. The second kappa shape index (κ2) is 15.3. The second-order valence-electron chi connectivity index (χ2n) is 5.93. The van der Waals surface area contributed by atoms with Crippen molar-refractivity contribution in [1.29, 1.82) is 0 Å². The molecular formula is C17H33FO4. The van der Waals surface area contributed by atoms with Gasteiger partial charge in [0.1, 0.15) is 6.17 Å². The van der Waals surface area contributed by atoms with Gasteiger partial charge in [0.25, 0.3) is 0 Å². The summed E-state index contributed by atoms with van der Waals surface area (Å²) in [6.07, 6.45) is 3.76. The summed E-state index contributed by atoms with van der Waals surface area (Å²) in [5, 5.41) is 8.71. The minimum absolute atomic E-state index is 0.189. The Morgan fingerprint density at radius 2 is 1.68 bits per heavy atom. The van der Waals surface area contributed by atoms with Gasteiger partial charge in [0, 0.05) is 31.8 Å². The van der Waals surface area contributed by atoms with E-state index in [1.54, 1.807) is 6.26 Å². The molecule has 0 amide bonds. The van der Waals surface area contributed by atoms with Crippen molar-refractivity contribution in [1.82, 2.24) is 0 Å². The predicted molar refractivity (Wildman–Crippen MR) is 86.6 cm³/mol. The van der Waals surface area contributed by atoms with Crippen molar-refractivity contribution in [3.05, 3.63) is 11.8 Å². The fourth-order valence-electron chi connectivity index (χ4n) is 1.56. The zero-order chi connectivity index (χ0) is 16.6. The molecule has 0 saturated carbocycles. The largest absolute Gasteiger partial charge is 0.501 e. The molecule has 0 fully saturated rings. The molecule has 0 aliphatic carbocycles. The van der Waals surface area contributed by atoms with Gasteiger partial charge in [-0.05, 0) is 32.1 Å². The number of alkyl halides is 1. The van der Waals surface area contributed by atoms with E-state index in [-0.39, 0.29) is 6.61 Å². The lowest BCUT2D eigenvalue weighted by Crippen LogP contribution is -2.09. The first-order valence-electron chi connectivity index (χ1n) is 8.26. The Morgan fingerprint density at radius 1 is 1.00 bits per heavy atom. The average molecular weight is 320 g/mol. The summed E-state index contributed by atoms with van der Waals surface area (Å²) in [6, 6.07) is 0. The van der Waals surface area contributed by atoms with Crippen LogP contribution in [0.1, 0.15) is 46.5 Å². The third-order valence-corrected chi connectivity index (χ3v) is 2.99. The van der Waals surface area contributed by atoms with E-state index in [0.717, 1.165) is 24.8 Å². The molecule has 0 spiro atoms. The van der Waals surface area contributed by atoms with Crippen molar-refractivity contribution >= 4 is 0 Å². The molecule has 0 heterocycles. The van der Waals surface area contributed by atoms with Crippen molar-refractivity contribution in [3.8, 4) is 0 Å². The molecule has 1 atom stereocenters. The topological polar surface area (TPSA) is 47.9 Å². The van der Waals surface area contributed by atoms with Gasteiger partial charge in [0.15, 0.2) is 0 Å². The highest BCUT2D eigenvalue weighted by Crippen LogP contribution is 2.04. The SMILES string of the molecule is CC(C)CCOC/C(=C\OCCC(C)F)COCCCCO. The van der Waals surface area contributed by atoms with Gasteiger partial charge in [-0.25, -0.2) is 4.39 Å². The first-order chi connectivity index (χ1) is 10.6. The molecule has 0 aliphatic rings. The molecule has 1 N–H and O–H groups in total. The van der Waals surface area contributed by atoms with E-state index in [4.69, 9.17) is 19.3 Å². The maximum absolute atomic E-state index is 12.7. The van der Waals surface area contributed by atoms with Crippen molar-refractivity contribution in [3.63, 3.8) is 0 Å². The van der Waals surface area contributed by atoms with Crippen LogP contribution in [-0.4, -0.2) is 50.9 Å². The Balaban J connectivity index is 3.98. The summed E-state index contributed by atoms with van der Waals surface area (Å²) in [6.45, 7) is 8.61. The van der Waals surface area contributed by atoms with Gasteiger partial charge in [-0.15, -0.1) is 0 Å². The molecule has 5 heteroatoms.